The molecule has 3 rings (SSSR count). The average molecular weight is 570 g/mol. The molecular weight excluding hydrogens is 533 g/mol. The molecule has 2 heterocycles. The first-order chi connectivity index (χ1) is 14.1. The molecule has 1 aromatic heterocycles. The molecule has 1 aromatic rings. The van der Waals surface area contributed by atoms with Crippen LogP contribution in [0.5, 0.6) is 0 Å². The predicted molar refractivity (Wildman–Crippen MR) is 136 cm³/mol. The van der Waals surface area contributed by atoms with E-state index < -0.39 is 10.0 Å². The molecular formula is C20H36IN5O2S2. The van der Waals surface area contributed by atoms with Crippen molar-refractivity contribution in [1.82, 2.24) is 20.3 Å². The number of nitrogens with zero attached hydrogens (tertiary/aromatic N) is 2. The van der Waals surface area contributed by atoms with Crippen LogP contribution in [0.3, 0.4) is 0 Å². The standard InChI is InChI=1S/C20H35N5O2S2.HI/c1-2-21-20(22-10-14-29(26,27)24-15-17-7-5-8-17)23-16-18(19-9-6-13-28-19)25-11-3-4-12-25;/h6,9,13,17-18,24H,2-5,7-8,10-12,14-16H2,1H3,(H2,21,22,23);1H. The van der Waals surface area contributed by atoms with E-state index in [1.807, 2.05) is 6.92 Å². The van der Waals surface area contributed by atoms with Gasteiger partial charge in [-0.15, -0.1) is 35.3 Å². The Balaban J connectivity index is 0.00000320. The minimum atomic E-state index is -3.25. The fourth-order valence-electron chi connectivity index (χ4n) is 3.76. The maximum atomic E-state index is 12.2. The van der Waals surface area contributed by atoms with Crippen molar-refractivity contribution in [3.05, 3.63) is 22.4 Å². The number of rotatable bonds is 11. The first-order valence-electron chi connectivity index (χ1n) is 10.8. The van der Waals surface area contributed by atoms with Gasteiger partial charge in [0.2, 0.25) is 10.0 Å². The van der Waals surface area contributed by atoms with Crippen LogP contribution in [0.4, 0.5) is 0 Å². The van der Waals surface area contributed by atoms with Gasteiger partial charge in [0, 0.05) is 24.5 Å². The molecule has 0 bridgehead atoms. The minimum absolute atomic E-state index is 0. The first kappa shape index (κ1) is 25.8. The highest BCUT2D eigenvalue weighted by atomic mass is 127. The monoisotopic (exact) mass is 569 g/mol. The SMILES string of the molecule is CCNC(=NCC(c1cccs1)N1CCCC1)NCCS(=O)(=O)NCC1CCC1.I. The Morgan fingerprint density at radius 3 is 2.63 bits per heavy atom. The summed E-state index contributed by atoms with van der Waals surface area (Å²) in [7, 11) is -3.25. The summed E-state index contributed by atoms with van der Waals surface area (Å²) in [6, 6.07) is 4.57. The lowest BCUT2D eigenvalue weighted by Gasteiger charge is -2.26. The van der Waals surface area contributed by atoms with E-state index in [1.54, 1.807) is 11.3 Å². The summed E-state index contributed by atoms with van der Waals surface area (Å²) in [5, 5.41) is 8.54. The normalized spacial score (nSPS) is 19.2. The van der Waals surface area contributed by atoms with Gasteiger partial charge in [-0.1, -0.05) is 12.5 Å². The zero-order valence-electron chi connectivity index (χ0n) is 17.8. The number of hydrogen-bond acceptors (Lipinski definition) is 5. The van der Waals surface area contributed by atoms with Crippen LogP contribution in [0.25, 0.3) is 0 Å². The molecule has 0 aromatic carbocycles. The molecule has 0 radical (unpaired) electrons. The van der Waals surface area contributed by atoms with Gasteiger partial charge in [0.25, 0.3) is 0 Å². The second kappa shape index (κ2) is 13.2. The third-order valence-corrected chi connectivity index (χ3v) is 8.02. The van der Waals surface area contributed by atoms with Gasteiger partial charge in [0.05, 0.1) is 18.3 Å². The van der Waals surface area contributed by atoms with E-state index in [9.17, 15) is 8.42 Å². The summed E-state index contributed by atoms with van der Waals surface area (Å²) in [5.74, 6) is 1.27. The topological polar surface area (TPSA) is 85.8 Å². The van der Waals surface area contributed by atoms with Crippen molar-refractivity contribution in [2.45, 2.75) is 45.1 Å². The van der Waals surface area contributed by atoms with Crippen molar-refractivity contribution in [2.24, 2.45) is 10.9 Å². The zero-order chi connectivity index (χ0) is 20.5. The fourth-order valence-corrected chi connectivity index (χ4v) is 5.61. The van der Waals surface area contributed by atoms with E-state index >= 15 is 0 Å². The summed E-state index contributed by atoms with van der Waals surface area (Å²) >= 11 is 1.78. The van der Waals surface area contributed by atoms with Crippen LogP contribution in [-0.2, 0) is 10.0 Å². The van der Waals surface area contributed by atoms with Crippen LogP contribution in [0.15, 0.2) is 22.5 Å². The molecule has 7 nitrogen and oxygen atoms in total. The van der Waals surface area contributed by atoms with E-state index in [2.05, 4.69) is 37.8 Å². The van der Waals surface area contributed by atoms with E-state index in [-0.39, 0.29) is 29.7 Å². The molecule has 3 N–H and O–H groups in total. The molecule has 10 heteroatoms. The van der Waals surface area contributed by atoms with Gasteiger partial charge in [-0.05, 0) is 63.1 Å². The molecule has 172 valence electrons. The second-order valence-electron chi connectivity index (χ2n) is 7.88. The molecule has 1 aliphatic carbocycles. The molecule has 2 aliphatic rings. The number of sulfonamides is 1. The number of nitrogens with one attached hydrogen (secondary N) is 3. The summed E-state index contributed by atoms with van der Waals surface area (Å²) in [5.41, 5.74) is 0. The number of aliphatic imine (C=N–C) groups is 1. The Labute approximate surface area is 202 Å². The van der Waals surface area contributed by atoms with Crippen LogP contribution in [0, 0.1) is 5.92 Å². The third-order valence-electron chi connectivity index (χ3n) is 5.70. The molecule has 1 saturated heterocycles. The highest BCUT2D eigenvalue weighted by molar-refractivity contribution is 14.0. The highest BCUT2D eigenvalue weighted by Gasteiger charge is 2.24. The fraction of sp³-hybridized carbons (Fsp3) is 0.750. The van der Waals surface area contributed by atoms with Crippen LogP contribution < -0.4 is 15.4 Å². The number of halogens is 1. The van der Waals surface area contributed by atoms with Gasteiger partial charge in [-0.25, -0.2) is 13.1 Å². The number of thiophene rings is 1. The van der Waals surface area contributed by atoms with Gasteiger partial charge in [-0.2, -0.15) is 0 Å². The highest BCUT2D eigenvalue weighted by Crippen LogP contribution is 2.28. The lowest BCUT2D eigenvalue weighted by Crippen LogP contribution is -2.42. The number of hydrogen-bond donors (Lipinski definition) is 3. The van der Waals surface area contributed by atoms with Crippen molar-refractivity contribution in [2.75, 3.05) is 45.0 Å². The van der Waals surface area contributed by atoms with Crippen LogP contribution in [0.1, 0.15) is 49.9 Å². The number of likely N-dealkylation sites (tertiary alicyclic amines) is 1. The van der Waals surface area contributed by atoms with E-state index in [0.717, 1.165) is 32.5 Å². The van der Waals surface area contributed by atoms with Crippen LogP contribution >= 0.6 is 35.3 Å². The van der Waals surface area contributed by atoms with E-state index in [0.29, 0.717) is 37.6 Å². The van der Waals surface area contributed by atoms with E-state index in [1.165, 1.54) is 24.1 Å². The first-order valence-corrected chi connectivity index (χ1v) is 13.4. The third kappa shape index (κ3) is 8.25. The summed E-state index contributed by atoms with van der Waals surface area (Å²) < 4.78 is 27.1. The second-order valence-corrected chi connectivity index (χ2v) is 10.8. The Morgan fingerprint density at radius 1 is 1.27 bits per heavy atom. The Bertz CT molecular complexity index is 732. The van der Waals surface area contributed by atoms with E-state index in [4.69, 9.17) is 4.99 Å². The van der Waals surface area contributed by atoms with Crippen molar-refractivity contribution in [3.63, 3.8) is 0 Å². The lowest BCUT2D eigenvalue weighted by atomic mass is 9.86. The van der Waals surface area contributed by atoms with Gasteiger partial charge < -0.3 is 10.6 Å². The summed E-state index contributed by atoms with van der Waals surface area (Å²) in [4.78, 5) is 8.62. The molecule has 1 unspecified atom stereocenters. The van der Waals surface area contributed by atoms with Crippen molar-refractivity contribution in [3.8, 4) is 0 Å². The predicted octanol–water partition coefficient (Wildman–Crippen LogP) is 2.78. The lowest BCUT2D eigenvalue weighted by molar-refractivity contribution is 0.255. The average Bonchev–Trinajstić information content (AvgIpc) is 3.35. The molecule has 30 heavy (non-hydrogen) atoms. The summed E-state index contributed by atoms with van der Waals surface area (Å²) in [6.07, 6.45) is 5.99. The maximum Gasteiger partial charge on any atom is 0.213 e. The molecule has 0 spiro atoms. The van der Waals surface area contributed by atoms with Crippen molar-refractivity contribution in [1.29, 1.82) is 0 Å². The van der Waals surface area contributed by atoms with Gasteiger partial charge in [0.1, 0.15) is 0 Å². The minimum Gasteiger partial charge on any atom is -0.357 e. The maximum absolute atomic E-state index is 12.2. The summed E-state index contributed by atoms with van der Waals surface area (Å²) in [6.45, 7) is 6.59. The smallest absolute Gasteiger partial charge is 0.213 e. The Morgan fingerprint density at radius 2 is 2.03 bits per heavy atom. The van der Waals surface area contributed by atoms with Crippen molar-refractivity contribution < 1.29 is 8.42 Å². The van der Waals surface area contributed by atoms with Gasteiger partial charge in [-0.3, -0.25) is 9.89 Å². The largest absolute Gasteiger partial charge is 0.357 e. The molecule has 2 fully saturated rings. The van der Waals surface area contributed by atoms with Crippen molar-refractivity contribution >= 4 is 51.3 Å². The van der Waals surface area contributed by atoms with Gasteiger partial charge >= 0.3 is 0 Å². The van der Waals surface area contributed by atoms with Crippen LogP contribution in [-0.4, -0.2) is 64.3 Å². The molecule has 1 aliphatic heterocycles. The van der Waals surface area contributed by atoms with Gasteiger partial charge in [0.15, 0.2) is 5.96 Å². The quantitative estimate of drug-likeness (QED) is 0.217. The molecule has 0 amide bonds. The Hall–Kier alpha value is -0.430. The van der Waals surface area contributed by atoms with Crippen LogP contribution in [0.2, 0.25) is 0 Å². The Kier molecular flexibility index (Phi) is 11.4. The number of guanidine groups is 1. The molecule has 1 saturated carbocycles. The zero-order valence-corrected chi connectivity index (χ0v) is 21.8. The molecule has 1 atom stereocenters.